The predicted octanol–water partition coefficient (Wildman–Crippen LogP) is 3.23. The topological polar surface area (TPSA) is 28.7 Å². The smallest absolute Gasteiger partial charge is 0.0652 e. The third-order valence-electron chi connectivity index (χ3n) is 1.79. The largest absolute Gasteiger partial charge is 0.278 e. The monoisotopic (exact) mass is 187 g/mol. The van der Waals surface area contributed by atoms with E-state index in [0.717, 1.165) is 11.4 Å². The van der Waals surface area contributed by atoms with Crippen LogP contribution >= 0.6 is 0 Å². The van der Waals surface area contributed by atoms with Crippen molar-refractivity contribution in [2.24, 2.45) is 0 Å². The van der Waals surface area contributed by atoms with Crippen molar-refractivity contribution in [1.82, 2.24) is 10.2 Å². The average molecular weight is 187 g/mol. The maximum absolute atomic E-state index is 4.07. The Bertz CT molecular complexity index is 363. The van der Waals surface area contributed by atoms with Crippen LogP contribution in [0.25, 0.3) is 11.3 Å². The number of aromatic nitrogens is 2. The van der Waals surface area contributed by atoms with E-state index in [9.17, 15) is 0 Å². The van der Waals surface area contributed by atoms with Gasteiger partial charge < -0.3 is 0 Å². The first kappa shape index (κ1) is 10.5. The van der Waals surface area contributed by atoms with Crippen LogP contribution in [0.5, 0.6) is 0 Å². The highest BCUT2D eigenvalue weighted by atomic mass is 15.1. The van der Waals surface area contributed by atoms with Crippen LogP contribution in [0.2, 0.25) is 0 Å². The lowest BCUT2D eigenvalue weighted by Gasteiger charge is -1.93. The Labute approximate surface area is 85.0 Å². The normalized spacial score (nSPS) is 9.07. The Balaban J connectivity index is 0.000000461. The summed E-state index contributed by atoms with van der Waals surface area (Å²) in [6, 6.07) is 12.2. The van der Waals surface area contributed by atoms with Crippen LogP contribution in [-0.4, -0.2) is 10.2 Å². The van der Waals surface area contributed by atoms with Gasteiger partial charge in [0.15, 0.2) is 0 Å². The summed E-state index contributed by atoms with van der Waals surface area (Å²) in [6.07, 6.45) is 0. The highest BCUT2D eigenvalue weighted by Gasteiger charge is 1.97. The van der Waals surface area contributed by atoms with Crippen LogP contribution in [0, 0.1) is 13.8 Å². The lowest BCUT2D eigenvalue weighted by molar-refractivity contribution is 1.05. The fourth-order valence-corrected chi connectivity index (χ4v) is 1.19. The predicted molar refractivity (Wildman–Crippen MR) is 59.8 cm³/mol. The zero-order valence-electron chi connectivity index (χ0n) is 8.62. The van der Waals surface area contributed by atoms with Crippen LogP contribution in [0.3, 0.4) is 0 Å². The molecule has 0 atom stereocenters. The van der Waals surface area contributed by atoms with Crippen molar-refractivity contribution in [2.75, 3.05) is 0 Å². The van der Waals surface area contributed by atoms with Gasteiger partial charge in [0.05, 0.1) is 11.4 Å². The minimum absolute atomic E-state index is 1.02. The number of aromatic amines is 1. The molecule has 0 spiro atoms. The van der Waals surface area contributed by atoms with Gasteiger partial charge in [0.2, 0.25) is 0 Å². The van der Waals surface area contributed by atoms with Crippen molar-refractivity contribution in [2.45, 2.75) is 13.8 Å². The molecule has 0 aliphatic heterocycles. The molecule has 73 valence electrons. The van der Waals surface area contributed by atoms with Crippen LogP contribution in [0.15, 0.2) is 36.4 Å². The molecule has 0 saturated heterocycles. The molecule has 14 heavy (non-hydrogen) atoms. The van der Waals surface area contributed by atoms with Crippen molar-refractivity contribution >= 4 is 0 Å². The summed E-state index contributed by atoms with van der Waals surface area (Å²) < 4.78 is 0. The number of hydrogen-bond donors (Lipinski definition) is 1. The number of nitrogens with one attached hydrogen (secondary N) is 1. The van der Waals surface area contributed by atoms with E-state index in [4.69, 9.17) is 0 Å². The Morgan fingerprint density at radius 3 is 2.29 bits per heavy atom. The van der Waals surface area contributed by atoms with Crippen molar-refractivity contribution in [1.29, 1.82) is 0 Å². The van der Waals surface area contributed by atoms with E-state index < -0.39 is 0 Å². The molecular weight excluding hydrogens is 172 g/mol. The molecule has 2 heteroatoms. The Hall–Kier alpha value is -1.57. The summed E-state index contributed by atoms with van der Waals surface area (Å²) in [5.41, 5.74) is 3.28. The van der Waals surface area contributed by atoms with Gasteiger partial charge >= 0.3 is 0 Å². The van der Waals surface area contributed by atoms with Gasteiger partial charge in [-0.25, -0.2) is 0 Å². The Morgan fingerprint density at radius 1 is 1.14 bits per heavy atom. The Kier molecular flexibility index (Phi) is 3.92. The summed E-state index contributed by atoms with van der Waals surface area (Å²) in [7, 11) is 0. The standard InChI is InChI=1S/C10H10N2.C2H5/c1-8-7-10(12-11-8)9-5-3-2-4-6-9;1-2/h2-7H,1H3,(H,11,12);1H2,2H3. The third kappa shape index (κ3) is 2.46. The first-order valence-corrected chi connectivity index (χ1v) is 4.64. The van der Waals surface area contributed by atoms with Gasteiger partial charge in [-0.05, 0) is 18.6 Å². The zero-order valence-corrected chi connectivity index (χ0v) is 8.62. The van der Waals surface area contributed by atoms with Gasteiger partial charge in [-0.15, -0.1) is 0 Å². The van der Waals surface area contributed by atoms with Crippen molar-refractivity contribution in [3.63, 3.8) is 0 Å². The molecule has 0 unspecified atom stereocenters. The second-order valence-electron chi connectivity index (χ2n) is 2.79. The molecule has 2 aromatic rings. The average Bonchev–Trinajstić information content (AvgIpc) is 2.69. The van der Waals surface area contributed by atoms with Crippen molar-refractivity contribution in [3.8, 4) is 11.3 Å². The van der Waals surface area contributed by atoms with E-state index in [2.05, 4.69) is 29.3 Å². The summed E-state index contributed by atoms with van der Waals surface area (Å²) in [4.78, 5) is 0. The molecule has 0 fully saturated rings. The minimum atomic E-state index is 1.02. The maximum Gasteiger partial charge on any atom is 0.0652 e. The number of hydrogen-bond acceptors (Lipinski definition) is 1. The molecule has 0 bridgehead atoms. The molecule has 2 nitrogen and oxygen atoms in total. The number of aryl methyl sites for hydroxylation is 1. The van der Waals surface area contributed by atoms with Gasteiger partial charge in [-0.2, -0.15) is 5.10 Å². The zero-order chi connectivity index (χ0) is 10.4. The fraction of sp³-hybridized carbons (Fsp3) is 0.167. The van der Waals surface area contributed by atoms with E-state index in [1.165, 1.54) is 5.56 Å². The molecule has 0 aliphatic rings. The summed E-state index contributed by atoms with van der Waals surface area (Å²) in [5.74, 6) is 0. The van der Waals surface area contributed by atoms with Gasteiger partial charge in [0.25, 0.3) is 0 Å². The minimum Gasteiger partial charge on any atom is -0.278 e. The van der Waals surface area contributed by atoms with Gasteiger partial charge in [0, 0.05) is 0 Å². The molecule has 1 radical (unpaired) electrons. The van der Waals surface area contributed by atoms with Crippen molar-refractivity contribution < 1.29 is 0 Å². The van der Waals surface area contributed by atoms with E-state index in [0.29, 0.717) is 0 Å². The Morgan fingerprint density at radius 2 is 1.79 bits per heavy atom. The van der Waals surface area contributed by atoms with Gasteiger partial charge in [-0.1, -0.05) is 44.2 Å². The summed E-state index contributed by atoms with van der Waals surface area (Å²) in [5, 5.41) is 7.04. The second-order valence-corrected chi connectivity index (χ2v) is 2.79. The highest BCUT2D eigenvalue weighted by molar-refractivity contribution is 5.58. The van der Waals surface area contributed by atoms with Crippen LogP contribution in [-0.2, 0) is 0 Å². The lowest BCUT2D eigenvalue weighted by Crippen LogP contribution is -1.75. The maximum atomic E-state index is 4.07. The molecule has 0 aliphatic carbocycles. The number of benzene rings is 1. The molecule has 2 rings (SSSR count). The first-order chi connectivity index (χ1) is 6.86. The van der Waals surface area contributed by atoms with E-state index >= 15 is 0 Å². The molecule has 1 aromatic carbocycles. The molecular formula is C12H15N2. The first-order valence-electron chi connectivity index (χ1n) is 4.64. The molecule has 1 N–H and O–H groups in total. The highest BCUT2D eigenvalue weighted by Crippen LogP contribution is 2.15. The number of nitrogens with zero attached hydrogens (tertiary/aromatic N) is 1. The molecule has 0 amide bonds. The van der Waals surface area contributed by atoms with Gasteiger partial charge in [-0.3, -0.25) is 5.10 Å². The lowest BCUT2D eigenvalue weighted by atomic mass is 10.1. The van der Waals surface area contributed by atoms with E-state index in [-0.39, 0.29) is 0 Å². The fourth-order valence-electron chi connectivity index (χ4n) is 1.19. The summed E-state index contributed by atoms with van der Waals surface area (Å²) in [6.45, 7) is 6.98. The van der Waals surface area contributed by atoms with E-state index in [1.54, 1.807) is 6.92 Å². The van der Waals surface area contributed by atoms with Crippen LogP contribution in [0.1, 0.15) is 12.6 Å². The number of rotatable bonds is 1. The van der Waals surface area contributed by atoms with Crippen LogP contribution < -0.4 is 0 Å². The van der Waals surface area contributed by atoms with E-state index in [1.807, 2.05) is 31.2 Å². The summed E-state index contributed by atoms with van der Waals surface area (Å²) >= 11 is 0. The van der Waals surface area contributed by atoms with Crippen molar-refractivity contribution in [3.05, 3.63) is 49.0 Å². The molecule has 0 saturated carbocycles. The third-order valence-corrected chi connectivity index (χ3v) is 1.79. The molecule has 1 heterocycles. The molecule has 1 aromatic heterocycles. The SMILES string of the molecule is Cc1cc(-c2ccccc2)[nH]n1.[CH2]C. The number of H-pyrrole nitrogens is 1. The second kappa shape index (κ2) is 5.22. The quantitative estimate of drug-likeness (QED) is 0.729. The van der Waals surface area contributed by atoms with Crippen LogP contribution in [0.4, 0.5) is 0 Å². The van der Waals surface area contributed by atoms with Gasteiger partial charge in [0.1, 0.15) is 0 Å².